The van der Waals surface area contributed by atoms with E-state index in [-0.39, 0.29) is 31.0 Å². The summed E-state index contributed by atoms with van der Waals surface area (Å²) in [5.74, 6) is -1.63. The largest absolute Gasteiger partial charge is 0.361 e. The van der Waals surface area contributed by atoms with Crippen LogP contribution >= 0.6 is 0 Å². The summed E-state index contributed by atoms with van der Waals surface area (Å²) in [6, 6.07) is 6.66. The average Bonchev–Trinajstić information content (AvgIpc) is 3.48. The lowest BCUT2D eigenvalue weighted by atomic mass is 10.0. The second-order valence-electron chi connectivity index (χ2n) is 7.63. The number of nitrogens with one attached hydrogen (secondary N) is 2. The summed E-state index contributed by atoms with van der Waals surface area (Å²) in [6.07, 6.45) is 3.16. The van der Waals surface area contributed by atoms with Crippen LogP contribution in [0, 0.1) is 0 Å². The zero-order valence-corrected chi connectivity index (χ0v) is 17.0. The Kier molecular flexibility index (Phi) is 4.58. The van der Waals surface area contributed by atoms with E-state index in [1.807, 2.05) is 30.5 Å². The van der Waals surface area contributed by atoms with Gasteiger partial charge < -0.3 is 14.4 Å². The second kappa shape index (κ2) is 7.45. The molecule has 162 valence electrons. The lowest BCUT2D eigenvalue weighted by molar-refractivity contribution is -0.150. The Morgan fingerprint density at radius 1 is 1.22 bits per heavy atom. The van der Waals surface area contributed by atoms with E-state index >= 15 is 0 Å². The third-order valence-corrected chi connectivity index (χ3v) is 5.54. The van der Waals surface area contributed by atoms with E-state index in [2.05, 4.69) is 20.4 Å². The number of fused-ring (bicyclic) bond motifs is 1. The molecule has 1 fully saturated rings. The summed E-state index contributed by atoms with van der Waals surface area (Å²) in [6.45, 7) is 0.0851. The van der Waals surface area contributed by atoms with Crippen LogP contribution in [0.1, 0.15) is 18.7 Å². The van der Waals surface area contributed by atoms with E-state index in [4.69, 9.17) is 4.52 Å². The normalized spacial score (nSPS) is 19.0. The Balaban J connectivity index is 1.32. The molecule has 2 aliphatic heterocycles. The maximum atomic E-state index is 12.9. The molecule has 11 heteroatoms. The standard InChI is InChI=1S/C21H18N6O5/c1-26(14-9-17(29)27(21(14)31)13-5-6-15(28)23-20(13)30)10-16-24-19(25-32-16)12-4-2-3-11-7-8-22-18(11)12/h2-4,7-9,13,22H,5-6,10H2,1H3,(H,23,28,30). The molecule has 0 aliphatic carbocycles. The summed E-state index contributed by atoms with van der Waals surface area (Å²) in [7, 11) is 1.61. The molecule has 1 saturated heterocycles. The van der Waals surface area contributed by atoms with Crippen LogP contribution < -0.4 is 5.32 Å². The minimum absolute atomic E-state index is 0.0664. The smallest absolute Gasteiger partial charge is 0.277 e. The van der Waals surface area contributed by atoms with Crippen LogP contribution in [0.15, 0.2) is 46.8 Å². The molecule has 0 radical (unpaired) electrons. The zero-order chi connectivity index (χ0) is 22.4. The van der Waals surface area contributed by atoms with Crippen LogP contribution in [-0.4, -0.2) is 61.6 Å². The highest BCUT2D eigenvalue weighted by molar-refractivity contribution is 6.18. The number of aromatic amines is 1. The number of hydrogen-bond acceptors (Lipinski definition) is 8. The fourth-order valence-corrected chi connectivity index (χ4v) is 3.96. The fourth-order valence-electron chi connectivity index (χ4n) is 3.96. The number of para-hydroxylation sites is 1. The number of piperidine rings is 1. The molecule has 0 bridgehead atoms. The third-order valence-electron chi connectivity index (χ3n) is 5.54. The summed E-state index contributed by atoms with van der Waals surface area (Å²) in [5.41, 5.74) is 1.76. The molecule has 4 heterocycles. The first-order chi connectivity index (χ1) is 15.4. The first kappa shape index (κ1) is 19.7. The molecule has 1 unspecified atom stereocenters. The third kappa shape index (κ3) is 3.23. The molecule has 1 aromatic carbocycles. The Labute approximate surface area is 181 Å². The molecular formula is C21H18N6O5. The van der Waals surface area contributed by atoms with Gasteiger partial charge in [0.1, 0.15) is 11.7 Å². The highest BCUT2D eigenvalue weighted by Gasteiger charge is 2.43. The van der Waals surface area contributed by atoms with Crippen molar-refractivity contribution in [3.8, 4) is 11.4 Å². The Morgan fingerprint density at radius 3 is 2.88 bits per heavy atom. The highest BCUT2D eigenvalue weighted by Crippen LogP contribution is 2.27. The van der Waals surface area contributed by atoms with Gasteiger partial charge >= 0.3 is 0 Å². The van der Waals surface area contributed by atoms with E-state index in [1.54, 1.807) is 7.05 Å². The number of amides is 4. The molecule has 11 nitrogen and oxygen atoms in total. The molecule has 0 spiro atoms. The van der Waals surface area contributed by atoms with Crippen LogP contribution in [0.2, 0.25) is 0 Å². The molecule has 1 atom stereocenters. The highest BCUT2D eigenvalue weighted by atomic mass is 16.5. The van der Waals surface area contributed by atoms with Gasteiger partial charge in [-0.3, -0.25) is 29.4 Å². The topological polar surface area (TPSA) is 142 Å². The van der Waals surface area contributed by atoms with Crippen molar-refractivity contribution >= 4 is 34.5 Å². The maximum absolute atomic E-state index is 12.9. The number of imide groups is 2. The predicted octanol–water partition coefficient (Wildman–Crippen LogP) is 0.708. The number of carbonyl (C=O) groups excluding carboxylic acids is 4. The van der Waals surface area contributed by atoms with Crippen LogP contribution in [0.3, 0.4) is 0 Å². The van der Waals surface area contributed by atoms with E-state index in [1.165, 1.54) is 11.0 Å². The fraction of sp³-hybridized carbons (Fsp3) is 0.238. The van der Waals surface area contributed by atoms with Crippen molar-refractivity contribution in [2.24, 2.45) is 0 Å². The van der Waals surface area contributed by atoms with Gasteiger partial charge in [-0.15, -0.1) is 0 Å². The van der Waals surface area contributed by atoms with Crippen molar-refractivity contribution in [2.75, 3.05) is 7.05 Å². The van der Waals surface area contributed by atoms with Crippen molar-refractivity contribution in [2.45, 2.75) is 25.4 Å². The lowest BCUT2D eigenvalue weighted by Crippen LogP contribution is -2.54. The minimum Gasteiger partial charge on any atom is -0.361 e. The number of benzene rings is 1. The van der Waals surface area contributed by atoms with Crippen molar-refractivity contribution < 1.29 is 23.7 Å². The number of nitrogens with zero attached hydrogens (tertiary/aromatic N) is 4. The molecule has 2 aliphatic rings. The van der Waals surface area contributed by atoms with Gasteiger partial charge in [-0.2, -0.15) is 4.98 Å². The Hall–Kier alpha value is -4.28. The van der Waals surface area contributed by atoms with Crippen LogP contribution in [-0.2, 0) is 25.7 Å². The molecule has 2 N–H and O–H groups in total. The van der Waals surface area contributed by atoms with Gasteiger partial charge in [0.05, 0.1) is 12.1 Å². The summed E-state index contributed by atoms with van der Waals surface area (Å²) in [5, 5.41) is 7.21. The number of likely N-dealkylation sites (N-methyl/N-ethyl adjacent to an activating group) is 1. The summed E-state index contributed by atoms with van der Waals surface area (Å²) >= 11 is 0. The number of H-pyrrole nitrogens is 1. The average molecular weight is 434 g/mol. The maximum Gasteiger partial charge on any atom is 0.277 e. The molecule has 5 rings (SSSR count). The van der Waals surface area contributed by atoms with Gasteiger partial charge in [0.25, 0.3) is 11.8 Å². The number of hydrogen-bond donors (Lipinski definition) is 2. The molecule has 32 heavy (non-hydrogen) atoms. The van der Waals surface area contributed by atoms with Crippen molar-refractivity contribution in [1.82, 2.24) is 30.2 Å². The molecule has 2 aromatic heterocycles. The van der Waals surface area contributed by atoms with Gasteiger partial charge in [-0.25, -0.2) is 0 Å². The van der Waals surface area contributed by atoms with Crippen LogP contribution in [0.5, 0.6) is 0 Å². The van der Waals surface area contributed by atoms with E-state index < -0.39 is 29.7 Å². The number of aromatic nitrogens is 3. The van der Waals surface area contributed by atoms with Crippen molar-refractivity contribution in [1.29, 1.82) is 0 Å². The first-order valence-electron chi connectivity index (χ1n) is 9.95. The Bertz CT molecular complexity index is 1300. The zero-order valence-electron chi connectivity index (χ0n) is 17.0. The Morgan fingerprint density at radius 2 is 2.06 bits per heavy atom. The quantitative estimate of drug-likeness (QED) is 0.559. The van der Waals surface area contributed by atoms with E-state index in [0.717, 1.165) is 21.4 Å². The van der Waals surface area contributed by atoms with Crippen LogP contribution in [0.4, 0.5) is 0 Å². The van der Waals surface area contributed by atoms with Gasteiger partial charge in [-0.1, -0.05) is 17.3 Å². The minimum atomic E-state index is -1.01. The molecule has 4 amide bonds. The van der Waals surface area contributed by atoms with Crippen LogP contribution in [0.25, 0.3) is 22.3 Å². The summed E-state index contributed by atoms with van der Waals surface area (Å²) < 4.78 is 5.35. The summed E-state index contributed by atoms with van der Waals surface area (Å²) in [4.78, 5) is 58.8. The van der Waals surface area contributed by atoms with E-state index in [0.29, 0.717) is 5.82 Å². The number of carbonyl (C=O) groups is 4. The first-order valence-corrected chi connectivity index (χ1v) is 9.95. The second-order valence-corrected chi connectivity index (χ2v) is 7.63. The SMILES string of the molecule is CN(Cc1nc(-c2cccc3cc[nH]c23)no1)C1=CC(=O)N(C2CCC(=O)NC2=O)C1=O. The lowest BCUT2D eigenvalue weighted by Gasteiger charge is -2.29. The molecular weight excluding hydrogens is 416 g/mol. The molecule has 0 saturated carbocycles. The number of rotatable bonds is 5. The predicted molar refractivity (Wildman–Crippen MR) is 109 cm³/mol. The van der Waals surface area contributed by atoms with E-state index in [9.17, 15) is 19.2 Å². The van der Waals surface area contributed by atoms with Gasteiger partial charge in [0.2, 0.25) is 23.5 Å². The van der Waals surface area contributed by atoms with Gasteiger partial charge in [0, 0.05) is 36.7 Å². The molecule has 3 aromatic rings. The van der Waals surface area contributed by atoms with Crippen molar-refractivity contribution in [3.05, 3.63) is 48.1 Å². The monoisotopic (exact) mass is 434 g/mol. The van der Waals surface area contributed by atoms with Gasteiger partial charge in [-0.05, 0) is 18.6 Å². The van der Waals surface area contributed by atoms with Crippen molar-refractivity contribution in [3.63, 3.8) is 0 Å². The van der Waals surface area contributed by atoms with Gasteiger partial charge in [0.15, 0.2) is 0 Å².